The molecular weight excluding hydrogens is 337 g/mol. The fourth-order valence-electron chi connectivity index (χ4n) is 2.59. The van der Waals surface area contributed by atoms with Crippen LogP contribution < -0.4 is 5.32 Å². The monoisotopic (exact) mass is 357 g/mol. The summed E-state index contributed by atoms with van der Waals surface area (Å²) >= 11 is 12.2. The Morgan fingerprint density at radius 3 is 2.22 bits per heavy atom. The minimum Gasteiger partial charge on any atom is -0.339 e. The fraction of sp³-hybridized carbons (Fsp3) is 0.500. The average Bonchev–Trinajstić information content (AvgIpc) is 2.55. The summed E-state index contributed by atoms with van der Waals surface area (Å²) in [5.41, 5.74) is 0.338. The lowest BCUT2D eigenvalue weighted by molar-refractivity contribution is -0.132. The predicted molar refractivity (Wildman–Crippen MR) is 92.1 cm³/mol. The zero-order valence-corrected chi connectivity index (χ0v) is 14.7. The highest BCUT2D eigenvalue weighted by Gasteiger charge is 2.26. The number of nitrogens with zero attached hydrogens (tertiary/aromatic N) is 2. The molecule has 2 amide bonds. The normalized spacial score (nSPS) is 14.9. The number of amides is 2. The number of halogens is 2. The topological polar surface area (TPSA) is 52.7 Å². The highest BCUT2D eigenvalue weighted by atomic mass is 35.5. The van der Waals surface area contributed by atoms with Gasteiger partial charge in [0.2, 0.25) is 5.91 Å². The lowest BCUT2D eigenvalue weighted by atomic mass is 10.1. The van der Waals surface area contributed by atoms with Gasteiger partial charge in [0.1, 0.15) is 0 Å². The average molecular weight is 358 g/mol. The minimum atomic E-state index is -0.178. The summed E-state index contributed by atoms with van der Waals surface area (Å²) in [6.07, 6.45) is 1.36. The molecule has 1 aliphatic heterocycles. The maximum absolute atomic E-state index is 12.6. The van der Waals surface area contributed by atoms with Gasteiger partial charge in [-0.25, -0.2) is 0 Å². The first-order chi connectivity index (χ1) is 11.0. The first-order valence-corrected chi connectivity index (χ1v) is 8.46. The molecule has 1 aromatic carbocycles. The number of rotatable bonds is 5. The second-order valence-electron chi connectivity index (χ2n) is 5.48. The predicted octanol–water partition coefficient (Wildman–Crippen LogP) is 2.28. The van der Waals surface area contributed by atoms with Gasteiger partial charge < -0.3 is 15.1 Å². The van der Waals surface area contributed by atoms with E-state index in [9.17, 15) is 9.59 Å². The van der Waals surface area contributed by atoms with Crippen LogP contribution in [0.1, 0.15) is 23.2 Å². The fourth-order valence-corrected chi connectivity index (χ4v) is 3.15. The van der Waals surface area contributed by atoms with Gasteiger partial charge in [0.05, 0.1) is 15.6 Å². The molecule has 7 heteroatoms. The molecule has 5 nitrogen and oxygen atoms in total. The van der Waals surface area contributed by atoms with Gasteiger partial charge in [0.15, 0.2) is 0 Å². The Balaban J connectivity index is 1.91. The van der Waals surface area contributed by atoms with Crippen LogP contribution in [0.5, 0.6) is 0 Å². The van der Waals surface area contributed by atoms with Crippen LogP contribution in [-0.2, 0) is 4.79 Å². The SMILES string of the molecule is CNCCCC(=O)N1CCN(C(=O)c2c(Cl)cccc2Cl)CC1. The smallest absolute Gasteiger partial charge is 0.257 e. The molecule has 0 atom stereocenters. The van der Waals surface area contributed by atoms with Crippen LogP contribution in [0.2, 0.25) is 10.0 Å². The third-order valence-corrected chi connectivity index (χ3v) is 4.54. The molecule has 0 radical (unpaired) electrons. The van der Waals surface area contributed by atoms with Gasteiger partial charge in [-0.1, -0.05) is 29.3 Å². The van der Waals surface area contributed by atoms with Gasteiger partial charge in [-0.15, -0.1) is 0 Å². The highest BCUT2D eigenvalue weighted by molar-refractivity contribution is 6.39. The Labute approximate surface area is 146 Å². The first-order valence-electron chi connectivity index (χ1n) is 7.70. The Morgan fingerprint density at radius 1 is 1.09 bits per heavy atom. The summed E-state index contributed by atoms with van der Waals surface area (Å²) in [4.78, 5) is 28.2. The van der Waals surface area contributed by atoms with Crippen molar-refractivity contribution in [2.24, 2.45) is 0 Å². The second kappa shape index (κ2) is 8.52. The number of hydrogen-bond acceptors (Lipinski definition) is 3. The van der Waals surface area contributed by atoms with E-state index in [2.05, 4.69) is 5.32 Å². The van der Waals surface area contributed by atoms with Crippen LogP contribution in [-0.4, -0.2) is 61.4 Å². The number of carbonyl (C=O) groups is 2. The molecule has 1 aromatic rings. The summed E-state index contributed by atoms with van der Waals surface area (Å²) in [5, 5.41) is 3.74. The molecular formula is C16H21Cl2N3O2. The lowest BCUT2D eigenvalue weighted by Gasteiger charge is -2.35. The Hall–Kier alpha value is -1.30. The van der Waals surface area contributed by atoms with E-state index in [1.165, 1.54) is 0 Å². The van der Waals surface area contributed by atoms with E-state index >= 15 is 0 Å². The van der Waals surface area contributed by atoms with Crippen molar-refractivity contribution in [3.05, 3.63) is 33.8 Å². The maximum Gasteiger partial charge on any atom is 0.257 e. The second-order valence-corrected chi connectivity index (χ2v) is 6.29. The number of piperazine rings is 1. The molecule has 0 saturated carbocycles. The molecule has 1 saturated heterocycles. The third kappa shape index (κ3) is 4.59. The van der Waals surface area contributed by atoms with Crippen molar-refractivity contribution in [1.29, 1.82) is 0 Å². The van der Waals surface area contributed by atoms with E-state index in [1.807, 2.05) is 11.9 Å². The molecule has 0 bridgehead atoms. The van der Waals surface area contributed by atoms with Crippen LogP contribution >= 0.6 is 23.2 Å². The molecule has 126 valence electrons. The van der Waals surface area contributed by atoms with Crippen LogP contribution in [0.3, 0.4) is 0 Å². The van der Waals surface area contributed by atoms with Crippen molar-refractivity contribution in [2.45, 2.75) is 12.8 Å². The Bertz CT molecular complexity index is 552. The summed E-state index contributed by atoms with van der Waals surface area (Å²) < 4.78 is 0. The van der Waals surface area contributed by atoms with Crippen molar-refractivity contribution in [3.8, 4) is 0 Å². The van der Waals surface area contributed by atoms with Gasteiger partial charge in [0.25, 0.3) is 5.91 Å². The van der Waals surface area contributed by atoms with Crippen LogP contribution in [0.15, 0.2) is 18.2 Å². The molecule has 1 heterocycles. The largest absolute Gasteiger partial charge is 0.339 e. The summed E-state index contributed by atoms with van der Waals surface area (Å²) in [6.45, 7) is 2.92. The van der Waals surface area contributed by atoms with E-state index in [1.54, 1.807) is 23.1 Å². The van der Waals surface area contributed by atoms with Crippen molar-refractivity contribution in [1.82, 2.24) is 15.1 Å². The summed E-state index contributed by atoms with van der Waals surface area (Å²) in [6, 6.07) is 5.02. The molecule has 0 unspecified atom stereocenters. The quantitative estimate of drug-likeness (QED) is 0.822. The van der Waals surface area contributed by atoms with Gasteiger partial charge >= 0.3 is 0 Å². The van der Waals surface area contributed by atoms with Crippen molar-refractivity contribution in [2.75, 3.05) is 39.8 Å². The zero-order valence-electron chi connectivity index (χ0n) is 13.1. The molecule has 1 aliphatic rings. The van der Waals surface area contributed by atoms with Gasteiger partial charge in [0, 0.05) is 32.6 Å². The van der Waals surface area contributed by atoms with Crippen LogP contribution in [0, 0.1) is 0 Å². The van der Waals surface area contributed by atoms with Gasteiger partial charge in [-0.05, 0) is 32.1 Å². The van der Waals surface area contributed by atoms with E-state index in [4.69, 9.17) is 23.2 Å². The molecule has 2 rings (SSSR count). The zero-order chi connectivity index (χ0) is 16.8. The molecule has 0 spiro atoms. The van der Waals surface area contributed by atoms with E-state index in [0.717, 1.165) is 13.0 Å². The third-order valence-electron chi connectivity index (χ3n) is 3.91. The number of benzene rings is 1. The standard InChI is InChI=1S/C16H21Cl2N3O2/c1-19-7-3-6-14(22)20-8-10-21(11-9-20)16(23)15-12(17)4-2-5-13(15)18/h2,4-5,19H,3,6-11H2,1H3. The minimum absolute atomic E-state index is 0.142. The molecule has 1 N–H and O–H groups in total. The molecule has 0 aliphatic carbocycles. The first kappa shape index (κ1) is 18.0. The number of carbonyl (C=O) groups excluding carboxylic acids is 2. The van der Waals surface area contributed by atoms with E-state index in [0.29, 0.717) is 48.2 Å². The molecule has 23 heavy (non-hydrogen) atoms. The van der Waals surface area contributed by atoms with Gasteiger partial charge in [-0.3, -0.25) is 9.59 Å². The van der Waals surface area contributed by atoms with Crippen molar-refractivity contribution in [3.63, 3.8) is 0 Å². The Morgan fingerprint density at radius 2 is 1.65 bits per heavy atom. The van der Waals surface area contributed by atoms with Crippen molar-refractivity contribution >= 4 is 35.0 Å². The van der Waals surface area contributed by atoms with Crippen molar-refractivity contribution < 1.29 is 9.59 Å². The number of hydrogen-bond donors (Lipinski definition) is 1. The number of nitrogens with one attached hydrogen (secondary N) is 1. The van der Waals surface area contributed by atoms with Gasteiger partial charge in [-0.2, -0.15) is 0 Å². The summed E-state index contributed by atoms with van der Waals surface area (Å²) in [5.74, 6) is -0.0361. The lowest BCUT2D eigenvalue weighted by Crippen LogP contribution is -2.50. The van der Waals surface area contributed by atoms with Crippen LogP contribution in [0.25, 0.3) is 0 Å². The van der Waals surface area contributed by atoms with E-state index in [-0.39, 0.29) is 11.8 Å². The van der Waals surface area contributed by atoms with Crippen LogP contribution in [0.4, 0.5) is 0 Å². The maximum atomic E-state index is 12.6. The Kier molecular flexibility index (Phi) is 6.69. The molecule has 1 fully saturated rings. The summed E-state index contributed by atoms with van der Waals surface area (Å²) in [7, 11) is 1.87. The van der Waals surface area contributed by atoms with E-state index < -0.39 is 0 Å². The molecule has 0 aromatic heterocycles. The highest BCUT2D eigenvalue weighted by Crippen LogP contribution is 2.26.